The molecule has 0 radical (unpaired) electrons. The zero-order valence-corrected chi connectivity index (χ0v) is 12.8. The summed E-state index contributed by atoms with van der Waals surface area (Å²) >= 11 is 1.68. The smallest absolute Gasteiger partial charge is 0.260 e. The SMILES string of the molecule is CCSc1ccccc1C(=O)N(C)c1ccc(C)cn1. The Labute approximate surface area is 124 Å². The predicted molar refractivity (Wildman–Crippen MR) is 84.5 cm³/mol. The number of pyridine rings is 1. The van der Waals surface area contributed by atoms with E-state index >= 15 is 0 Å². The standard InChI is InChI=1S/C16H18N2OS/c1-4-20-14-8-6-5-7-13(14)16(19)18(3)15-10-9-12(2)11-17-15/h5-11H,4H2,1-3H3. The fraction of sp³-hybridized carbons (Fsp3) is 0.250. The summed E-state index contributed by atoms with van der Waals surface area (Å²) in [6, 6.07) is 11.5. The van der Waals surface area contributed by atoms with Gasteiger partial charge in [-0.25, -0.2) is 4.98 Å². The molecule has 3 nitrogen and oxygen atoms in total. The minimum Gasteiger partial charge on any atom is -0.296 e. The molecule has 1 aromatic heterocycles. The molecule has 0 unspecified atom stereocenters. The highest BCUT2D eigenvalue weighted by molar-refractivity contribution is 7.99. The van der Waals surface area contributed by atoms with Crippen LogP contribution in [0.25, 0.3) is 0 Å². The van der Waals surface area contributed by atoms with Gasteiger partial charge in [-0.1, -0.05) is 25.1 Å². The van der Waals surface area contributed by atoms with Crippen LogP contribution in [0.2, 0.25) is 0 Å². The highest BCUT2D eigenvalue weighted by Gasteiger charge is 2.17. The summed E-state index contributed by atoms with van der Waals surface area (Å²) in [6.45, 7) is 4.06. The van der Waals surface area contributed by atoms with Gasteiger partial charge in [0.25, 0.3) is 5.91 Å². The average molecular weight is 286 g/mol. The maximum absolute atomic E-state index is 12.6. The number of rotatable bonds is 4. The van der Waals surface area contributed by atoms with E-state index in [1.165, 1.54) is 0 Å². The van der Waals surface area contributed by atoms with Crippen LogP contribution in [-0.2, 0) is 0 Å². The molecule has 0 aliphatic heterocycles. The maximum Gasteiger partial charge on any atom is 0.260 e. The molecule has 0 spiro atoms. The Bertz CT molecular complexity index is 596. The highest BCUT2D eigenvalue weighted by Crippen LogP contribution is 2.24. The molecule has 4 heteroatoms. The number of nitrogens with zero attached hydrogens (tertiary/aromatic N) is 2. The number of thioether (sulfide) groups is 1. The number of carbonyl (C=O) groups excluding carboxylic acids is 1. The van der Waals surface area contributed by atoms with E-state index in [9.17, 15) is 4.79 Å². The first kappa shape index (κ1) is 14.6. The first-order valence-corrected chi connectivity index (χ1v) is 7.54. The molecule has 2 rings (SSSR count). The first-order valence-electron chi connectivity index (χ1n) is 6.56. The number of anilines is 1. The molecular weight excluding hydrogens is 268 g/mol. The van der Waals surface area contributed by atoms with Crippen molar-refractivity contribution in [1.29, 1.82) is 0 Å². The minimum absolute atomic E-state index is 0.0297. The van der Waals surface area contributed by atoms with Gasteiger partial charge in [0.15, 0.2) is 0 Å². The van der Waals surface area contributed by atoms with Gasteiger partial charge < -0.3 is 0 Å². The van der Waals surface area contributed by atoms with Gasteiger partial charge >= 0.3 is 0 Å². The van der Waals surface area contributed by atoms with Gasteiger partial charge in [0.2, 0.25) is 0 Å². The second-order valence-electron chi connectivity index (χ2n) is 4.49. The fourth-order valence-corrected chi connectivity index (χ4v) is 2.66. The van der Waals surface area contributed by atoms with Crippen LogP contribution in [0.15, 0.2) is 47.5 Å². The Morgan fingerprint density at radius 2 is 2.00 bits per heavy atom. The van der Waals surface area contributed by atoms with E-state index in [0.717, 1.165) is 21.8 Å². The zero-order chi connectivity index (χ0) is 14.5. The van der Waals surface area contributed by atoms with Gasteiger partial charge in [-0.15, -0.1) is 11.8 Å². The molecule has 2 aromatic rings. The highest BCUT2D eigenvalue weighted by atomic mass is 32.2. The van der Waals surface area contributed by atoms with E-state index in [0.29, 0.717) is 5.82 Å². The normalized spacial score (nSPS) is 10.3. The quantitative estimate of drug-likeness (QED) is 0.802. The van der Waals surface area contributed by atoms with E-state index in [2.05, 4.69) is 11.9 Å². The third-order valence-corrected chi connectivity index (χ3v) is 3.92. The van der Waals surface area contributed by atoms with E-state index in [-0.39, 0.29) is 5.91 Å². The Morgan fingerprint density at radius 1 is 1.25 bits per heavy atom. The second kappa shape index (κ2) is 6.57. The van der Waals surface area contributed by atoms with Crippen molar-refractivity contribution in [2.75, 3.05) is 17.7 Å². The number of carbonyl (C=O) groups is 1. The van der Waals surface area contributed by atoms with E-state index in [1.807, 2.05) is 43.3 Å². The van der Waals surface area contributed by atoms with Crippen molar-refractivity contribution >= 4 is 23.5 Å². The predicted octanol–water partition coefficient (Wildman–Crippen LogP) is 3.78. The number of hydrogen-bond donors (Lipinski definition) is 0. The van der Waals surface area contributed by atoms with Gasteiger partial charge in [-0.05, 0) is 36.4 Å². The topological polar surface area (TPSA) is 33.2 Å². The second-order valence-corrected chi connectivity index (χ2v) is 5.79. The molecule has 0 N–H and O–H groups in total. The fourth-order valence-electron chi connectivity index (χ4n) is 1.87. The summed E-state index contributed by atoms with van der Waals surface area (Å²) in [5.74, 6) is 1.58. The van der Waals surface area contributed by atoms with E-state index in [4.69, 9.17) is 0 Å². The van der Waals surface area contributed by atoms with E-state index in [1.54, 1.807) is 29.9 Å². The van der Waals surface area contributed by atoms with Crippen molar-refractivity contribution in [3.8, 4) is 0 Å². The summed E-state index contributed by atoms with van der Waals surface area (Å²) in [5, 5.41) is 0. The Kier molecular flexibility index (Phi) is 4.79. The molecule has 0 saturated carbocycles. The Hall–Kier alpha value is -1.81. The number of hydrogen-bond acceptors (Lipinski definition) is 3. The van der Waals surface area contributed by atoms with Crippen LogP contribution >= 0.6 is 11.8 Å². The lowest BCUT2D eigenvalue weighted by Crippen LogP contribution is -2.27. The summed E-state index contributed by atoms with van der Waals surface area (Å²) in [6.07, 6.45) is 1.77. The molecule has 1 heterocycles. The summed E-state index contributed by atoms with van der Waals surface area (Å²) in [4.78, 5) is 19.5. The maximum atomic E-state index is 12.6. The lowest BCUT2D eigenvalue weighted by Gasteiger charge is -2.18. The van der Waals surface area contributed by atoms with Crippen LogP contribution in [-0.4, -0.2) is 23.7 Å². The van der Waals surface area contributed by atoms with Crippen LogP contribution in [0.3, 0.4) is 0 Å². The number of benzene rings is 1. The van der Waals surface area contributed by atoms with Crippen molar-refractivity contribution in [3.05, 3.63) is 53.7 Å². The van der Waals surface area contributed by atoms with Gasteiger partial charge in [-0.3, -0.25) is 9.69 Å². The van der Waals surface area contributed by atoms with Crippen molar-refractivity contribution in [3.63, 3.8) is 0 Å². The molecule has 0 aliphatic carbocycles. The van der Waals surface area contributed by atoms with Crippen molar-refractivity contribution in [2.24, 2.45) is 0 Å². The number of amides is 1. The lowest BCUT2D eigenvalue weighted by atomic mass is 10.2. The molecular formula is C16H18N2OS. The monoisotopic (exact) mass is 286 g/mol. The number of aryl methyl sites for hydroxylation is 1. The summed E-state index contributed by atoms with van der Waals surface area (Å²) in [5.41, 5.74) is 1.81. The molecule has 1 amide bonds. The molecule has 0 fully saturated rings. The number of aromatic nitrogens is 1. The molecule has 0 saturated heterocycles. The third kappa shape index (κ3) is 3.20. The van der Waals surface area contributed by atoms with Gasteiger partial charge in [0.05, 0.1) is 5.56 Å². The average Bonchev–Trinajstić information content (AvgIpc) is 2.47. The first-order chi connectivity index (χ1) is 9.63. The largest absolute Gasteiger partial charge is 0.296 e. The van der Waals surface area contributed by atoms with Crippen molar-refractivity contribution in [1.82, 2.24) is 4.98 Å². The molecule has 1 aromatic carbocycles. The van der Waals surface area contributed by atoms with Crippen molar-refractivity contribution < 1.29 is 4.79 Å². The van der Waals surface area contributed by atoms with Crippen LogP contribution in [0.5, 0.6) is 0 Å². The van der Waals surface area contributed by atoms with E-state index < -0.39 is 0 Å². The lowest BCUT2D eigenvalue weighted by molar-refractivity contribution is 0.0989. The van der Waals surface area contributed by atoms with Crippen LogP contribution in [0, 0.1) is 6.92 Å². The molecule has 0 bridgehead atoms. The van der Waals surface area contributed by atoms with Gasteiger partial charge in [0, 0.05) is 18.1 Å². The molecule has 0 atom stereocenters. The van der Waals surface area contributed by atoms with Gasteiger partial charge in [-0.2, -0.15) is 0 Å². The summed E-state index contributed by atoms with van der Waals surface area (Å²) < 4.78 is 0. The Morgan fingerprint density at radius 3 is 2.65 bits per heavy atom. The Balaban J connectivity index is 2.29. The van der Waals surface area contributed by atoms with Crippen LogP contribution in [0.4, 0.5) is 5.82 Å². The van der Waals surface area contributed by atoms with Crippen LogP contribution < -0.4 is 4.90 Å². The molecule has 0 aliphatic rings. The molecule has 104 valence electrons. The molecule has 20 heavy (non-hydrogen) atoms. The summed E-state index contributed by atoms with van der Waals surface area (Å²) in [7, 11) is 1.76. The third-order valence-electron chi connectivity index (χ3n) is 2.96. The van der Waals surface area contributed by atoms with Gasteiger partial charge in [0.1, 0.15) is 5.82 Å². The van der Waals surface area contributed by atoms with Crippen molar-refractivity contribution in [2.45, 2.75) is 18.7 Å². The van der Waals surface area contributed by atoms with Crippen LogP contribution in [0.1, 0.15) is 22.8 Å². The minimum atomic E-state index is -0.0297. The zero-order valence-electron chi connectivity index (χ0n) is 12.0.